The van der Waals surface area contributed by atoms with Crippen LogP contribution < -0.4 is 16.2 Å². The topological polar surface area (TPSA) is 46.1 Å². The molecule has 2 heterocycles. The van der Waals surface area contributed by atoms with Gasteiger partial charge in [0, 0.05) is 24.8 Å². The summed E-state index contributed by atoms with van der Waals surface area (Å²) in [6.07, 6.45) is 6.49. The van der Waals surface area contributed by atoms with E-state index in [9.17, 15) is 4.79 Å². The molecule has 4 heteroatoms. The van der Waals surface area contributed by atoms with Crippen LogP contribution in [0.15, 0.2) is 23.1 Å². The number of pyridine rings is 1. The molecule has 0 aliphatic carbocycles. The van der Waals surface area contributed by atoms with Crippen molar-refractivity contribution in [3.63, 3.8) is 0 Å². The van der Waals surface area contributed by atoms with E-state index < -0.39 is 0 Å². The standard InChI is InChI=1S/C14H23N3O/c1-2-10-17-11-13(5-6-14(17)18)16-12-4-3-8-15-9-7-12/h5-6,11-12,15-16H,2-4,7-10H2,1H3. The quantitative estimate of drug-likeness (QED) is 0.855. The van der Waals surface area contributed by atoms with Crippen LogP contribution in [0.2, 0.25) is 0 Å². The zero-order valence-corrected chi connectivity index (χ0v) is 11.1. The molecule has 2 N–H and O–H groups in total. The van der Waals surface area contributed by atoms with Gasteiger partial charge in [0.1, 0.15) is 0 Å². The number of aryl methyl sites for hydroxylation is 1. The molecule has 1 atom stereocenters. The Balaban J connectivity index is 2.03. The fourth-order valence-corrected chi connectivity index (χ4v) is 2.43. The number of aromatic nitrogens is 1. The molecule has 0 amide bonds. The molecule has 4 nitrogen and oxygen atoms in total. The second-order valence-corrected chi connectivity index (χ2v) is 4.97. The third kappa shape index (κ3) is 3.60. The molecule has 1 aliphatic rings. The van der Waals surface area contributed by atoms with Crippen molar-refractivity contribution in [1.29, 1.82) is 0 Å². The van der Waals surface area contributed by atoms with Gasteiger partial charge >= 0.3 is 0 Å². The smallest absolute Gasteiger partial charge is 0.250 e. The lowest BCUT2D eigenvalue weighted by atomic mass is 10.1. The molecular weight excluding hydrogens is 226 g/mol. The number of hydrogen-bond donors (Lipinski definition) is 2. The maximum Gasteiger partial charge on any atom is 0.250 e. The lowest BCUT2D eigenvalue weighted by molar-refractivity contribution is 0.628. The summed E-state index contributed by atoms with van der Waals surface area (Å²) in [5.41, 5.74) is 1.15. The summed E-state index contributed by atoms with van der Waals surface area (Å²) in [5, 5.41) is 6.96. The molecule has 1 fully saturated rings. The number of nitrogens with one attached hydrogen (secondary N) is 2. The highest BCUT2D eigenvalue weighted by atomic mass is 16.1. The first kappa shape index (κ1) is 13.1. The van der Waals surface area contributed by atoms with E-state index in [0.29, 0.717) is 6.04 Å². The minimum absolute atomic E-state index is 0.0879. The van der Waals surface area contributed by atoms with Crippen molar-refractivity contribution in [2.45, 2.75) is 45.2 Å². The van der Waals surface area contributed by atoms with Crippen molar-refractivity contribution in [1.82, 2.24) is 9.88 Å². The maximum absolute atomic E-state index is 11.6. The molecule has 0 radical (unpaired) electrons. The molecular formula is C14H23N3O. The minimum atomic E-state index is 0.0879. The summed E-state index contributed by atoms with van der Waals surface area (Å²) in [6.45, 7) is 5.07. The summed E-state index contributed by atoms with van der Waals surface area (Å²) in [6, 6.07) is 4.08. The van der Waals surface area contributed by atoms with Crippen LogP contribution >= 0.6 is 0 Å². The van der Waals surface area contributed by atoms with Crippen molar-refractivity contribution < 1.29 is 0 Å². The number of rotatable bonds is 4. The molecule has 1 aromatic heterocycles. The first-order valence-electron chi connectivity index (χ1n) is 6.97. The molecule has 1 unspecified atom stereocenters. The second kappa shape index (κ2) is 6.59. The Hall–Kier alpha value is -1.29. The van der Waals surface area contributed by atoms with E-state index in [0.717, 1.165) is 38.2 Å². The minimum Gasteiger partial charge on any atom is -0.381 e. The molecule has 18 heavy (non-hydrogen) atoms. The summed E-state index contributed by atoms with van der Waals surface area (Å²) in [4.78, 5) is 11.6. The van der Waals surface area contributed by atoms with Crippen LogP contribution in [0.1, 0.15) is 32.6 Å². The maximum atomic E-state index is 11.6. The third-order valence-corrected chi connectivity index (χ3v) is 3.39. The molecule has 1 saturated heterocycles. The Morgan fingerprint density at radius 1 is 1.39 bits per heavy atom. The largest absolute Gasteiger partial charge is 0.381 e. The van der Waals surface area contributed by atoms with Crippen LogP contribution in [-0.2, 0) is 6.54 Å². The van der Waals surface area contributed by atoms with E-state index >= 15 is 0 Å². The highest BCUT2D eigenvalue weighted by Crippen LogP contribution is 2.13. The fourth-order valence-electron chi connectivity index (χ4n) is 2.43. The van der Waals surface area contributed by atoms with E-state index in [1.54, 1.807) is 10.6 Å². The van der Waals surface area contributed by atoms with Crippen molar-refractivity contribution >= 4 is 5.69 Å². The van der Waals surface area contributed by atoms with E-state index in [4.69, 9.17) is 0 Å². The number of hydrogen-bond acceptors (Lipinski definition) is 3. The average molecular weight is 249 g/mol. The normalized spacial score (nSPS) is 20.4. The predicted molar refractivity (Wildman–Crippen MR) is 75.1 cm³/mol. The van der Waals surface area contributed by atoms with Crippen LogP contribution in [0.5, 0.6) is 0 Å². The lowest BCUT2D eigenvalue weighted by Gasteiger charge is -2.18. The molecule has 0 saturated carbocycles. The van der Waals surface area contributed by atoms with Crippen LogP contribution in [0.3, 0.4) is 0 Å². The monoisotopic (exact) mass is 249 g/mol. The van der Waals surface area contributed by atoms with E-state index in [1.807, 2.05) is 12.3 Å². The molecule has 0 aromatic carbocycles. The van der Waals surface area contributed by atoms with Crippen LogP contribution in [-0.4, -0.2) is 23.7 Å². The van der Waals surface area contributed by atoms with Gasteiger partial charge in [0.25, 0.3) is 5.56 Å². The predicted octanol–water partition coefficient (Wildman–Crippen LogP) is 1.81. The van der Waals surface area contributed by atoms with Crippen molar-refractivity contribution in [3.8, 4) is 0 Å². The van der Waals surface area contributed by atoms with E-state index in [2.05, 4.69) is 17.6 Å². The first-order chi connectivity index (χ1) is 8.79. The number of nitrogens with zero attached hydrogens (tertiary/aromatic N) is 1. The van der Waals surface area contributed by atoms with Gasteiger partial charge in [-0.05, 0) is 44.8 Å². The Bertz CT molecular complexity index is 419. The lowest BCUT2D eigenvalue weighted by Crippen LogP contribution is -2.24. The van der Waals surface area contributed by atoms with Crippen LogP contribution in [0, 0.1) is 0 Å². The molecule has 100 valence electrons. The van der Waals surface area contributed by atoms with Crippen LogP contribution in [0.4, 0.5) is 5.69 Å². The van der Waals surface area contributed by atoms with Gasteiger partial charge in [0.05, 0.1) is 5.69 Å². The van der Waals surface area contributed by atoms with Crippen molar-refractivity contribution in [2.75, 3.05) is 18.4 Å². The zero-order valence-electron chi connectivity index (χ0n) is 11.1. The summed E-state index contributed by atoms with van der Waals surface area (Å²) in [7, 11) is 0. The third-order valence-electron chi connectivity index (χ3n) is 3.39. The molecule has 2 rings (SSSR count). The average Bonchev–Trinajstić information content (AvgIpc) is 2.62. The van der Waals surface area contributed by atoms with Gasteiger partial charge in [-0.3, -0.25) is 4.79 Å². The summed E-state index contributed by atoms with van der Waals surface area (Å²) in [5.74, 6) is 0. The van der Waals surface area contributed by atoms with Gasteiger partial charge < -0.3 is 15.2 Å². The molecule has 1 aromatic rings. The SMILES string of the molecule is CCCn1cc(NC2CCCNCC2)ccc1=O. The van der Waals surface area contributed by atoms with E-state index in [-0.39, 0.29) is 5.56 Å². The Labute approximate surface area is 108 Å². The van der Waals surface area contributed by atoms with Gasteiger partial charge in [-0.1, -0.05) is 6.92 Å². The highest BCUT2D eigenvalue weighted by Gasteiger charge is 2.11. The van der Waals surface area contributed by atoms with Crippen LogP contribution in [0.25, 0.3) is 0 Å². The van der Waals surface area contributed by atoms with E-state index in [1.165, 1.54) is 12.8 Å². The fraction of sp³-hybridized carbons (Fsp3) is 0.643. The number of anilines is 1. The summed E-state index contributed by atoms with van der Waals surface area (Å²) < 4.78 is 1.79. The molecule has 1 aliphatic heterocycles. The van der Waals surface area contributed by atoms with Gasteiger partial charge in [-0.25, -0.2) is 0 Å². The van der Waals surface area contributed by atoms with Gasteiger partial charge in [-0.2, -0.15) is 0 Å². The Kier molecular flexibility index (Phi) is 4.81. The molecule has 0 bridgehead atoms. The Morgan fingerprint density at radius 2 is 2.28 bits per heavy atom. The zero-order chi connectivity index (χ0) is 12.8. The first-order valence-corrected chi connectivity index (χ1v) is 6.97. The van der Waals surface area contributed by atoms with Gasteiger partial charge in [0.15, 0.2) is 0 Å². The molecule has 0 spiro atoms. The van der Waals surface area contributed by atoms with Crippen molar-refractivity contribution in [2.24, 2.45) is 0 Å². The van der Waals surface area contributed by atoms with Crippen molar-refractivity contribution in [3.05, 3.63) is 28.7 Å². The van der Waals surface area contributed by atoms with Gasteiger partial charge in [-0.15, -0.1) is 0 Å². The Morgan fingerprint density at radius 3 is 3.11 bits per heavy atom. The second-order valence-electron chi connectivity index (χ2n) is 4.97. The highest BCUT2D eigenvalue weighted by molar-refractivity contribution is 5.41. The van der Waals surface area contributed by atoms with Gasteiger partial charge in [0.2, 0.25) is 0 Å². The summed E-state index contributed by atoms with van der Waals surface area (Å²) >= 11 is 0.